The van der Waals surface area contributed by atoms with Crippen LogP contribution in [-0.4, -0.2) is 36.5 Å². The number of hydrogen-bond acceptors (Lipinski definition) is 3. The highest BCUT2D eigenvalue weighted by molar-refractivity contribution is 4.77. The second kappa shape index (κ2) is 5.69. The second-order valence-corrected chi connectivity index (χ2v) is 4.54. The molecule has 0 saturated heterocycles. The Bertz CT molecular complexity index is 155. The fourth-order valence-corrected chi connectivity index (χ4v) is 1.42. The standard InChI is InChI=1S/C11H23NO2/c1-3-7-12-8-11(2,13)9-14-10-5-4-6-10/h10,12-13H,3-9H2,1-2H3. The third-order valence-electron chi connectivity index (χ3n) is 2.61. The molecule has 3 nitrogen and oxygen atoms in total. The van der Waals surface area contributed by atoms with E-state index in [0.29, 0.717) is 19.3 Å². The van der Waals surface area contributed by atoms with Gasteiger partial charge in [0.2, 0.25) is 0 Å². The predicted molar refractivity (Wildman–Crippen MR) is 57.4 cm³/mol. The third kappa shape index (κ3) is 4.40. The number of rotatable bonds is 7. The van der Waals surface area contributed by atoms with Gasteiger partial charge in [-0.3, -0.25) is 0 Å². The molecule has 1 saturated carbocycles. The predicted octanol–water partition coefficient (Wildman–Crippen LogP) is 1.31. The van der Waals surface area contributed by atoms with Crippen molar-refractivity contribution in [2.45, 2.75) is 51.2 Å². The summed E-state index contributed by atoms with van der Waals surface area (Å²) in [7, 11) is 0. The Morgan fingerprint density at radius 3 is 2.71 bits per heavy atom. The summed E-state index contributed by atoms with van der Waals surface area (Å²) in [4.78, 5) is 0. The van der Waals surface area contributed by atoms with Crippen LogP contribution in [0.1, 0.15) is 39.5 Å². The molecule has 0 aromatic carbocycles. The van der Waals surface area contributed by atoms with Crippen LogP contribution in [0, 0.1) is 0 Å². The average Bonchev–Trinajstić information content (AvgIpc) is 2.01. The van der Waals surface area contributed by atoms with E-state index in [2.05, 4.69) is 12.2 Å². The van der Waals surface area contributed by atoms with Gasteiger partial charge in [-0.2, -0.15) is 0 Å². The van der Waals surface area contributed by atoms with Gasteiger partial charge in [0, 0.05) is 6.54 Å². The van der Waals surface area contributed by atoms with E-state index in [0.717, 1.165) is 13.0 Å². The molecule has 1 atom stereocenters. The van der Waals surface area contributed by atoms with E-state index in [1.54, 1.807) is 0 Å². The molecule has 14 heavy (non-hydrogen) atoms. The smallest absolute Gasteiger partial charge is 0.0975 e. The molecule has 1 aliphatic carbocycles. The van der Waals surface area contributed by atoms with Crippen molar-refractivity contribution >= 4 is 0 Å². The fourth-order valence-electron chi connectivity index (χ4n) is 1.42. The number of aliphatic hydroxyl groups is 1. The van der Waals surface area contributed by atoms with E-state index in [9.17, 15) is 5.11 Å². The van der Waals surface area contributed by atoms with Gasteiger partial charge in [0.25, 0.3) is 0 Å². The average molecular weight is 201 g/mol. The summed E-state index contributed by atoms with van der Waals surface area (Å²) in [6.45, 7) is 5.97. The Morgan fingerprint density at radius 2 is 2.21 bits per heavy atom. The van der Waals surface area contributed by atoms with Gasteiger partial charge in [-0.15, -0.1) is 0 Å². The van der Waals surface area contributed by atoms with Crippen LogP contribution in [0.3, 0.4) is 0 Å². The summed E-state index contributed by atoms with van der Waals surface area (Å²) in [5, 5.41) is 13.1. The lowest BCUT2D eigenvalue weighted by Gasteiger charge is -2.30. The molecule has 84 valence electrons. The fraction of sp³-hybridized carbons (Fsp3) is 1.00. The van der Waals surface area contributed by atoms with Crippen LogP contribution in [0.25, 0.3) is 0 Å². The highest BCUT2D eigenvalue weighted by atomic mass is 16.5. The van der Waals surface area contributed by atoms with Gasteiger partial charge < -0.3 is 15.2 Å². The lowest BCUT2D eigenvalue weighted by Crippen LogP contribution is -2.43. The molecule has 0 radical (unpaired) electrons. The summed E-state index contributed by atoms with van der Waals surface area (Å²) in [6, 6.07) is 0. The van der Waals surface area contributed by atoms with E-state index in [1.165, 1.54) is 19.3 Å². The van der Waals surface area contributed by atoms with Gasteiger partial charge in [-0.1, -0.05) is 6.92 Å². The largest absolute Gasteiger partial charge is 0.386 e. The molecule has 3 heteroatoms. The van der Waals surface area contributed by atoms with Gasteiger partial charge in [-0.05, 0) is 39.2 Å². The van der Waals surface area contributed by atoms with Gasteiger partial charge in [0.15, 0.2) is 0 Å². The van der Waals surface area contributed by atoms with Crippen LogP contribution in [0.15, 0.2) is 0 Å². The Labute approximate surface area is 86.8 Å². The van der Waals surface area contributed by atoms with Gasteiger partial charge >= 0.3 is 0 Å². The molecule has 0 bridgehead atoms. The number of nitrogens with one attached hydrogen (secondary N) is 1. The molecule has 1 unspecified atom stereocenters. The molecule has 0 aliphatic heterocycles. The van der Waals surface area contributed by atoms with E-state index in [4.69, 9.17) is 4.74 Å². The van der Waals surface area contributed by atoms with E-state index >= 15 is 0 Å². The van der Waals surface area contributed by atoms with Gasteiger partial charge in [0.05, 0.1) is 18.3 Å². The zero-order valence-corrected chi connectivity index (χ0v) is 9.38. The van der Waals surface area contributed by atoms with Crippen LogP contribution >= 0.6 is 0 Å². The zero-order valence-electron chi connectivity index (χ0n) is 9.38. The van der Waals surface area contributed by atoms with Gasteiger partial charge in [0.1, 0.15) is 0 Å². The maximum Gasteiger partial charge on any atom is 0.0975 e. The Kier molecular flexibility index (Phi) is 4.85. The third-order valence-corrected chi connectivity index (χ3v) is 2.61. The molecule has 0 aromatic heterocycles. The summed E-state index contributed by atoms with van der Waals surface area (Å²) in [6.07, 6.45) is 5.12. The molecule has 2 N–H and O–H groups in total. The lowest BCUT2D eigenvalue weighted by molar-refractivity contribution is -0.0825. The van der Waals surface area contributed by atoms with Crippen LogP contribution in [0.4, 0.5) is 0 Å². The first kappa shape index (κ1) is 12.0. The van der Waals surface area contributed by atoms with Crippen molar-refractivity contribution in [3.63, 3.8) is 0 Å². The first-order chi connectivity index (χ1) is 6.64. The second-order valence-electron chi connectivity index (χ2n) is 4.54. The van der Waals surface area contributed by atoms with Gasteiger partial charge in [-0.25, -0.2) is 0 Å². The first-order valence-corrected chi connectivity index (χ1v) is 5.69. The minimum Gasteiger partial charge on any atom is -0.386 e. The molecular formula is C11H23NO2. The minimum absolute atomic E-state index is 0.410. The van der Waals surface area contributed by atoms with Crippen molar-refractivity contribution in [2.24, 2.45) is 0 Å². The summed E-state index contributed by atoms with van der Waals surface area (Å²) >= 11 is 0. The molecular weight excluding hydrogens is 178 g/mol. The lowest BCUT2D eigenvalue weighted by atomic mass is 9.96. The normalized spacial score (nSPS) is 21.6. The molecule has 1 fully saturated rings. The van der Waals surface area contributed by atoms with E-state index in [-0.39, 0.29) is 0 Å². The minimum atomic E-state index is -0.717. The van der Waals surface area contributed by atoms with Crippen LogP contribution in [-0.2, 0) is 4.74 Å². The van der Waals surface area contributed by atoms with Crippen molar-refractivity contribution in [1.29, 1.82) is 0 Å². The van der Waals surface area contributed by atoms with Crippen LogP contribution in [0.5, 0.6) is 0 Å². The SMILES string of the molecule is CCCNCC(C)(O)COC1CCC1. The molecule has 0 heterocycles. The van der Waals surface area contributed by atoms with E-state index in [1.807, 2.05) is 6.92 Å². The molecule has 0 amide bonds. The Hall–Kier alpha value is -0.120. The monoisotopic (exact) mass is 201 g/mol. The highest BCUT2D eigenvalue weighted by Gasteiger charge is 2.25. The molecule has 1 aliphatic rings. The first-order valence-electron chi connectivity index (χ1n) is 5.69. The number of ether oxygens (including phenoxy) is 1. The summed E-state index contributed by atoms with van der Waals surface area (Å²) in [5.41, 5.74) is -0.717. The molecule has 1 rings (SSSR count). The van der Waals surface area contributed by atoms with Crippen molar-refractivity contribution < 1.29 is 9.84 Å². The molecule has 0 spiro atoms. The van der Waals surface area contributed by atoms with Crippen molar-refractivity contribution in [3.05, 3.63) is 0 Å². The quantitative estimate of drug-likeness (QED) is 0.610. The topological polar surface area (TPSA) is 41.5 Å². The molecule has 0 aromatic rings. The Morgan fingerprint density at radius 1 is 1.50 bits per heavy atom. The Balaban J connectivity index is 2.05. The maximum atomic E-state index is 9.92. The number of hydrogen-bond donors (Lipinski definition) is 2. The van der Waals surface area contributed by atoms with Crippen molar-refractivity contribution in [2.75, 3.05) is 19.7 Å². The maximum absolute atomic E-state index is 9.92. The van der Waals surface area contributed by atoms with Crippen LogP contribution in [0.2, 0.25) is 0 Å². The van der Waals surface area contributed by atoms with Crippen molar-refractivity contribution in [3.8, 4) is 0 Å². The summed E-state index contributed by atoms with van der Waals surface area (Å²) < 4.78 is 5.58. The highest BCUT2D eigenvalue weighted by Crippen LogP contribution is 2.22. The van der Waals surface area contributed by atoms with Crippen molar-refractivity contribution in [1.82, 2.24) is 5.32 Å². The van der Waals surface area contributed by atoms with E-state index < -0.39 is 5.60 Å². The van der Waals surface area contributed by atoms with Crippen LogP contribution < -0.4 is 5.32 Å². The summed E-state index contributed by atoms with van der Waals surface area (Å²) in [5.74, 6) is 0. The zero-order chi connectivity index (χ0) is 10.4.